The number of hydrogen-bond acceptors (Lipinski definition) is 2. The number of carbonyl (C=O) groups excluding carboxylic acids is 1. The van der Waals surface area contributed by atoms with Gasteiger partial charge in [0.05, 0.1) is 10.2 Å². The summed E-state index contributed by atoms with van der Waals surface area (Å²) in [7, 11) is 0. The van der Waals surface area contributed by atoms with Gasteiger partial charge in [0.2, 0.25) is 0 Å². The van der Waals surface area contributed by atoms with Gasteiger partial charge in [-0.15, -0.1) is 11.3 Å². The second kappa shape index (κ2) is 5.60. The maximum atomic E-state index is 12.6. The molecule has 1 aliphatic carbocycles. The molecule has 0 aromatic carbocycles. The van der Waals surface area contributed by atoms with Crippen molar-refractivity contribution in [2.24, 2.45) is 5.92 Å². The van der Waals surface area contributed by atoms with Gasteiger partial charge >= 0.3 is 0 Å². The highest BCUT2D eigenvalue weighted by molar-refractivity contribution is 7.17. The average molecular weight is 290 g/mol. The van der Waals surface area contributed by atoms with Crippen LogP contribution in [-0.2, 0) is 6.54 Å². The average Bonchev–Trinajstić information content (AvgIpc) is 3.01. The Kier molecular flexibility index (Phi) is 3.83. The lowest BCUT2D eigenvalue weighted by molar-refractivity contribution is 0.0901. The minimum Gasteiger partial charge on any atom is -0.348 e. The molecule has 3 rings (SSSR count). The fraction of sp³-hybridized carbons (Fsp3) is 0.562. The van der Waals surface area contributed by atoms with Crippen molar-refractivity contribution in [2.45, 2.75) is 52.1 Å². The van der Waals surface area contributed by atoms with Gasteiger partial charge in [-0.05, 0) is 43.2 Å². The fourth-order valence-electron chi connectivity index (χ4n) is 3.28. The van der Waals surface area contributed by atoms with E-state index in [4.69, 9.17) is 0 Å². The molecule has 4 heteroatoms. The number of fused-ring (bicyclic) bond motifs is 1. The van der Waals surface area contributed by atoms with Gasteiger partial charge in [0, 0.05) is 12.6 Å². The zero-order chi connectivity index (χ0) is 14.1. The number of aryl methyl sites for hydroxylation is 1. The second-order valence-corrected chi connectivity index (χ2v) is 6.73. The van der Waals surface area contributed by atoms with Crippen molar-refractivity contribution in [3.63, 3.8) is 0 Å². The van der Waals surface area contributed by atoms with Gasteiger partial charge in [-0.1, -0.05) is 19.8 Å². The second-order valence-electron chi connectivity index (χ2n) is 5.79. The maximum absolute atomic E-state index is 12.6. The molecule has 1 N–H and O–H groups in total. The number of amides is 1. The number of hydrogen-bond donors (Lipinski definition) is 1. The third-order valence-corrected chi connectivity index (χ3v) is 5.35. The molecule has 2 aromatic heterocycles. The normalized spacial score (nSPS) is 23.1. The Morgan fingerprint density at radius 3 is 3.00 bits per heavy atom. The van der Waals surface area contributed by atoms with E-state index in [-0.39, 0.29) is 5.91 Å². The Morgan fingerprint density at radius 2 is 2.25 bits per heavy atom. The van der Waals surface area contributed by atoms with E-state index in [0.29, 0.717) is 12.0 Å². The number of thiophene rings is 1. The third-order valence-electron chi connectivity index (χ3n) is 4.50. The van der Waals surface area contributed by atoms with Gasteiger partial charge in [-0.2, -0.15) is 0 Å². The lowest BCUT2D eigenvalue weighted by Crippen LogP contribution is -2.41. The third kappa shape index (κ3) is 2.37. The molecule has 3 nitrogen and oxygen atoms in total. The van der Waals surface area contributed by atoms with Crippen molar-refractivity contribution >= 4 is 27.5 Å². The summed E-state index contributed by atoms with van der Waals surface area (Å²) in [6.07, 6.45) is 4.89. The highest BCUT2D eigenvalue weighted by Gasteiger charge is 2.24. The fourth-order valence-corrected chi connectivity index (χ4v) is 4.10. The number of nitrogens with zero attached hydrogens (tertiary/aromatic N) is 1. The minimum absolute atomic E-state index is 0.0917. The molecule has 2 unspecified atom stereocenters. The van der Waals surface area contributed by atoms with Crippen LogP contribution < -0.4 is 5.32 Å². The lowest BCUT2D eigenvalue weighted by atomic mass is 9.86. The Morgan fingerprint density at radius 1 is 1.45 bits per heavy atom. The molecule has 1 amide bonds. The molecular weight excluding hydrogens is 268 g/mol. The molecule has 108 valence electrons. The van der Waals surface area contributed by atoms with Crippen LogP contribution in [0.15, 0.2) is 17.5 Å². The van der Waals surface area contributed by atoms with Gasteiger partial charge in [-0.25, -0.2) is 0 Å². The Bertz CT molecular complexity index is 613. The van der Waals surface area contributed by atoms with E-state index in [1.54, 1.807) is 11.3 Å². The summed E-state index contributed by atoms with van der Waals surface area (Å²) in [6.45, 7) is 5.18. The summed E-state index contributed by atoms with van der Waals surface area (Å²) in [5.41, 5.74) is 1.99. The van der Waals surface area contributed by atoms with E-state index in [0.717, 1.165) is 18.7 Å². The Hall–Kier alpha value is -1.29. The van der Waals surface area contributed by atoms with Gasteiger partial charge < -0.3 is 9.88 Å². The molecule has 2 heterocycles. The summed E-state index contributed by atoms with van der Waals surface area (Å²) in [5.74, 6) is 0.688. The molecule has 0 radical (unpaired) electrons. The molecule has 0 aliphatic heterocycles. The van der Waals surface area contributed by atoms with Crippen LogP contribution in [0.1, 0.15) is 50.0 Å². The van der Waals surface area contributed by atoms with Crippen LogP contribution in [0.5, 0.6) is 0 Å². The van der Waals surface area contributed by atoms with Crippen LogP contribution in [0.2, 0.25) is 0 Å². The summed E-state index contributed by atoms with van der Waals surface area (Å²) in [6, 6.07) is 4.48. The first-order chi connectivity index (χ1) is 9.70. The predicted molar refractivity (Wildman–Crippen MR) is 84.4 cm³/mol. The van der Waals surface area contributed by atoms with Crippen LogP contribution in [0.25, 0.3) is 10.2 Å². The van der Waals surface area contributed by atoms with Gasteiger partial charge in [0.15, 0.2) is 0 Å². The standard InChI is InChI=1S/C16H22N2OS/c1-3-18-13-8-9-20-15(13)10-14(18)16(19)17-12-7-5-4-6-11(12)2/h8-12H,3-7H2,1-2H3,(H,17,19). The maximum Gasteiger partial charge on any atom is 0.268 e. The molecule has 0 saturated heterocycles. The largest absolute Gasteiger partial charge is 0.348 e. The minimum atomic E-state index is 0.0917. The summed E-state index contributed by atoms with van der Waals surface area (Å²) >= 11 is 1.70. The quantitative estimate of drug-likeness (QED) is 0.909. The Labute approximate surface area is 124 Å². The van der Waals surface area contributed by atoms with E-state index in [2.05, 4.69) is 35.2 Å². The van der Waals surface area contributed by atoms with Crippen molar-refractivity contribution in [1.82, 2.24) is 9.88 Å². The number of carbonyl (C=O) groups is 1. The van der Waals surface area contributed by atoms with Gasteiger partial charge in [0.1, 0.15) is 5.69 Å². The van der Waals surface area contributed by atoms with E-state index < -0.39 is 0 Å². The topological polar surface area (TPSA) is 34.0 Å². The van der Waals surface area contributed by atoms with Crippen LogP contribution in [0.3, 0.4) is 0 Å². The molecule has 0 bridgehead atoms. The van der Waals surface area contributed by atoms with Crippen LogP contribution in [-0.4, -0.2) is 16.5 Å². The van der Waals surface area contributed by atoms with Crippen molar-refractivity contribution in [3.8, 4) is 0 Å². The SMILES string of the molecule is CCn1c(C(=O)NC2CCCCC2C)cc2sccc21. The van der Waals surface area contributed by atoms with Crippen molar-refractivity contribution in [1.29, 1.82) is 0 Å². The predicted octanol–water partition coefficient (Wildman–Crippen LogP) is 4.03. The smallest absolute Gasteiger partial charge is 0.268 e. The lowest BCUT2D eigenvalue weighted by Gasteiger charge is -2.29. The number of nitrogens with one attached hydrogen (secondary N) is 1. The van der Waals surface area contributed by atoms with Crippen molar-refractivity contribution < 1.29 is 4.79 Å². The molecule has 0 spiro atoms. The molecule has 1 saturated carbocycles. The molecule has 20 heavy (non-hydrogen) atoms. The highest BCUT2D eigenvalue weighted by Crippen LogP contribution is 2.27. The van der Waals surface area contributed by atoms with E-state index >= 15 is 0 Å². The summed E-state index contributed by atoms with van der Waals surface area (Å²) < 4.78 is 3.32. The first-order valence-electron chi connectivity index (χ1n) is 7.58. The molecular formula is C16H22N2OS. The van der Waals surface area contributed by atoms with E-state index in [9.17, 15) is 4.79 Å². The molecule has 1 aliphatic rings. The zero-order valence-corrected chi connectivity index (χ0v) is 13.0. The van der Waals surface area contributed by atoms with Crippen LogP contribution >= 0.6 is 11.3 Å². The molecule has 1 fully saturated rings. The molecule has 2 aromatic rings. The highest BCUT2D eigenvalue weighted by atomic mass is 32.1. The first kappa shape index (κ1) is 13.7. The van der Waals surface area contributed by atoms with Crippen LogP contribution in [0, 0.1) is 5.92 Å². The van der Waals surface area contributed by atoms with Crippen molar-refractivity contribution in [2.75, 3.05) is 0 Å². The van der Waals surface area contributed by atoms with E-state index in [1.807, 2.05) is 6.07 Å². The van der Waals surface area contributed by atoms with Gasteiger partial charge in [-0.3, -0.25) is 4.79 Å². The Balaban J connectivity index is 1.82. The summed E-state index contributed by atoms with van der Waals surface area (Å²) in [4.78, 5) is 12.6. The zero-order valence-electron chi connectivity index (χ0n) is 12.2. The first-order valence-corrected chi connectivity index (χ1v) is 8.46. The summed E-state index contributed by atoms with van der Waals surface area (Å²) in [5, 5.41) is 5.34. The monoisotopic (exact) mass is 290 g/mol. The number of aromatic nitrogens is 1. The van der Waals surface area contributed by atoms with E-state index in [1.165, 1.54) is 29.5 Å². The molecule has 2 atom stereocenters. The number of rotatable bonds is 3. The van der Waals surface area contributed by atoms with Crippen LogP contribution in [0.4, 0.5) is 0 Å². The van der Waals surface area contributed by atoms with Gasteiger partial charge in [0.25, 0.3) is 5.91 Å². The van der Waals surface area contributed by atoms with Crippen molar-refractivity contribution in [3.05, 3.63) is 23.2 Å².